The van der Waals surface area contributed by atoms with Crippen molar-refractivity contribution in [2.24, 2.45) is 0 Å². The van der Waals surface area contributed by atoms with Gasteiger partial charge in [0, 0.05) is 116 Å². The van der Waals surface area contributed by atoms with Crippen molar-refractivity contribution in [1.82, 2.24) is 4.57 Å². The van der Waals surface area contributed by atoms with Crippen LogP contribution in [0.2, 0.25) is 0 Å². The third kappa shape index (κ3) is 13.5. The fourth-order valence-electron chi connectivity index (χ4n) is 15.5. The highest BCUT2D eigenvalue weighted by molar-refractivity contribution is 6.10. The molecule has 0 radical (unpaired) electrons. The number of aryl methyl sites for hydroxylation is 2. The molecule has 14 rings (SSSR count). The summed E-state index contributed by atoms with van der Waals surface area (Å²) in [5.41, 5.74) is 23.8. The Morgan fingerprint density at radius 3 is 1.21 bits per heavy atom. The molecule has 1 heterocycles. The molecule has 0 fully saturated rings. The molecular weight excluding hydrogens is 1230 g/mol. The van der Waals surface area contributed by atoms with Crippen molar-refractivity contribution in [2.75, 3.05) is 118 Å². The Morgan fingerprint density at radius 2 is 0.687 bits per heavy atom. The maximum atomic E-state index is 6.40. The van der Waals surface area contributed by atoms with Crippen molar-refractivity contribution in [2.45, 2.75) is 50.4 Å². The molecule has 11 nitrogen and oxygen atoms in total. The summed E-state index contributed by atoms with van der Waals surface area (Å²) in [6.45, 7) is 10.8. The van der Waals surface area contributed by atoms with Gasteiger partial charge in [-0.3, -0.25) is 0 Å². The number of nitrogens with zero attached hydrogens (tertiary/aromatic N) is 3. The molecular formula is C88H89N3O8. The fraction of sp³-hybridized carbons (Fsp3) is 0.273. The van der Waals surface area contributed by atoms with E-state index in [1.165, 1.54) is 77.2 Å². The second kappa shape index (κ2) is 30.5. The second-order valence-electron chi connectivity index (χ2n) is 26.3. The first-order valence-electron chi connectivity index (χ1n) is 34.9. The highest BCUT2D eigenvalue weighted by Gasteiger charge is 2.45. The number of anilines is 6. The topological polar surface area (TPSA) is 85.3 Å². The van der Waals surface area contributed by atoms with Crippen LogP contribution in [0.4, 0.5) is 34.1 Å². The van der Waals surface area contributed by atoms with Crippen LogP contribution in [0.1, 0.15) is 59.1 Å². The van der Waals surface area contributed by atoms with Crippen LogP contribution in [0.3, 0.4) is 0 Å². The van der Waals surface area contributed by atoms with Crippen molar-refractivity contribution < 1.29 is 37.9 Å². The Labute approximate surface area is 583 Å². The lowest BCUT2D eigenvalue weighted by Gasteiger charge is -2.35. The third-order valence-electron chi connectivity index (χ3n) is 20.4. The molecule has 504 valence electrons. The van der Waals surface area contributed by atoms with Gasteiger partial charge in [-0.25, -0.2) is 0 Å². The maximum absolute atomic E-state index is 6.40. The number of methoxy groups -OCH3 is 4. The fourth-order valence-corrected chi connectivity index (χ4v) is 15.5. The van der Waals surface area contributed by atoms with Crippen LogP contribution in [0.25, 0.3) is 71.6 Å². The zero-order chi connectivity index (χ0) is 67.7. The summed E-state index contributed by atoms with van der Waals surface area (Å²) < 4.78 is 49.9. The van der Waals surface area contributed by atoms with Gasteiger partial charge in [-0.2, -0.15) is 0 Å². The van der Waals surface area contributed by atoms with E-state index >= 15 is 0 Å². The first kappa shape index (κ1) is 67.0. The number of hydrogen-bond donors (Lipinski definition) is 0. The summed E-state index contributed by atoms with van der Waals surface area (Å²) in [6.07, 6.45) is 3.05. The van der Waals surface area contributed by atoms with Gasteiger partial charge in [0.1, 0.15) is 0 Å². The first-order valence-corrected chi connectivity index (χ1v) is 34.9. The summed E-state index contributed by atoms with van der Waals surface area (Å²) in [4.78, 5) is 4.81. The molecule has 0 saturated heterocycles. The first-order chi connectivity index (χ1) is 48.7. The monoisotopic (exact) mass is 1320 g/mol. The molecule has 2 aliphatic carbocycles. The van der Waals surface area contributed by atoms with Gasteiger partial charge < -0.3 is 52.3 Å². The van der Waals surface area contributed by atoms with Crippen LogP contribution in [0.5, 0.6) is 0 Å². The van der Waals surface area contributed by atoms with Crippen molar-refractivity contribution in [1.29, 1.82) is 0 Å². The van der Waals surface area contributed by atoms with Crippen molar-refractivity contribution >= 4 is 66.7 Å². The average Bonchev–Trinajstić information content (AvgIpc) is 1.58. The lowest BCUT2D eigenvalue weighted by atomic mass is 9.72. The number of aromatic nitrogens is 1. The summed E-state index contributed by atoms with van der Waals surface area (Å²) >= 11 is 0. The van der Waals surface area contributed by atoms with Crippen molar-refractivity contribution in [3.05, 3.63) is 270 Å². The molecule has 0 aliphatic heterocycles. The minimum absolute atomic E-state index is 0.423. The molecule has 0 amide bonds. The third-order valence-corrected chi connectivity index (χ3v) is 20.4. The van der Waals surface area contributed by atoms with Crippen LogP contribution in [0.15, 0.2) is 237 Å². The van der Waals surface area contributed by atoms with Crippen molar-refractivity contribution in [3.8, 4) is 39.1 Å². The van der Waals surface area contributed by atoms with Gasteiger partial charge in [0.05, 0.1) is 63.9 Å². The minimum atomic E-state index is -0.423. The molecule has 0 unspecified atom stereocenters. The van der Waals surface area contributed by atoms with E-state index < -0.39 is 10.8 Å². The maximum Gasteiger partial charge on any atom is 0.0700 e. The summed E-state index contributed by atoms with van der Waals surface area (Å²) in [6, 6.07) is 88.1. The molecule has 99 heavy (non-hydrogen) atoms. The van der Waals surface area contributed by atoms with E-state index in [0.717, 1.165) is 87.7 Å². The van der Waals surface area contributed by atoms with Crippen LogP contribution < -0.4 is 9.80 Å². The molecule has 11 aromatic carbocycles. The Balaban J connectivity index is 0.874. The Bertz CT molecular complexity index is 4590. The zero-order valence-electron chi connectivity index (χ0n) is 57.9. The molecule has 12 aromatic rings. The Hall–Kier alpha value is -9.24. The van der Waals surface area contributed by atoms with Gasteiger partial charge in [-0.1, -0.05) is 145 Å². The lowest BCUT2D eigenvalue weighted by molar-refractivity contribution is 0.0490. The van der Waals surface area contributed by atoms with Gasteiger partial charge >= 0.3 is 0 Å². The molecule has 0 saturated carbocycles. The van der Waals surface area contributed by atoms with Crippen molar-refractivity contribution in [3.63, 3.8) is 0 Å². The van der Waals surface area contributed by atoms with Crippen LogP contribution in [-0.4, -0.2) is 112 Å². The molecule has 0 atom stereocenters. The predicted molar refractivity (Wildman–Crippen MR) is 404 cm³/mol. The number of para-hydroxylation sites is 2. The number of fused-ring (bicyclic) bond motifs is 10. The number of ether oxygens (including phenoxy) is 8. The van der Waals surface area contributed by atoms with E-state index in [1.54, 1.807) is 28.4 Å². The highest BCUT2D eigenvalue weighted by Crippen LogP contribution is 2.57. The summed E-state index contributed by atoms with van der Waals surface area (Å²) in [5.74, 6) is 0. The van der Waals surface area contributed by atoms with Gasteiger partial charge in [-0.15, -0.1) is 0 Å². The van der Waals surface area contributed by atoms with Gasteiger partial charge in [0.15, 0.2) is 0 Å². The van der Waals surface area contributed by atoms with Gasteiger partial charge in [0.2, 0.25) is 0 Å². The Morgan fingerprint density at radius 1 is 0.293 bits per heavy atom. The molecule has 0 spiro atoms. The van der Waals surface area contributed by atoms with E-state index in [9.17, 15) is 0 Å². The molecule has 2 aliphatic rings. The molecule has 1 aromatic heterocycles. The van der Waals surface area contributed by atoms with E-state index in [0.29, 0.717) is 79.3 Å². The lowest BCUT2D eigenvalue weighted by Crippen LogP contribution is -2.30. The zero-order valence-corrected chi connectivity index (χ0v) is 57.9. The predicted octanol–water partition coefficient (Wildman–Crippen LogP) is 19.9. The van der Waals surface area contributed by atoms with E-state index in [-0.39, 0.29) is 0 Å². The smallest absolute Gasteiger partial charge is 0.0700 e. The van der Waals surface area contributed by atoms with Crippen LogP contribution in [-0.2, 0) is 48.7 Å². The van der Waals surface area contributed by atoms with Crippen LogP contribution in [0, 0.1) is 13.8 Å². The molecule has 11 heteroatoms. The standard InChI is InChI=1S/C88H89N3O8/c1-62-20-35-75-77-37-33-73(60-83(77)87(81(75)56-62,40-44-96-52-48-92-3)41-45-97-53-49-93-4)90(74-34-38-78-76-36-21-63(2)57-82(76)88(84(78)61-74,42-46-98-54-50-94-5)43-47-99-55-51-95-6)69-26-22-65(23-27-69)67-25-39-86-80(59-67)79-18-12-13-19-85(79)91(86)71-31-29-70(30-32-71)89(68-16-8-7-9-17-68)72-28-24-64-14-10-11-15-66(64)58-72/h7-39,56-61H,40-55H2,1-6H3. The number of hydrogen-bond acceptors (Lipinski definition) is 10. The Kier molecular flexibility index (Phi) is 20.6. The summed E-state index contributed by atoms with van der Waals surface area (Å²) in [5, 5.41) is 4.81. The van der Waals surface area contributed by atoms with E-state index in [1.807, 2.05) is 0 Å². The summed E-state index contributed by atoms with van der Waals surface area (Å²) in [7, 11) is 6.90. The van der Waals surface area contributed by atoms with Crippen LogP contribution >= 0.6 is 0 Å². The number of benzene rings is 11. The molecule has 0 bridgehead atoms. The van der Waals surface area contributed by atoms with Gasteiger partial charge in [-0.05, 0) is 209 Å². The second-order valence-corrected chi connectivity index (χ2v) is 26.3. The number of rotatable bonds is 32. The quantitative estimate of drug-likeness (QED) is 0.0380. The van der Waals surface area contributed by atoms with Gasteiger partial charge in [0.25, 0.3) is 0 Å². The normalized spacial score (nSPS) is 13.3. The van der Waals surface area contributed by atoms with E-state index in [4.69, 9.17) is 37.9 Å². The average molecular weight is 1320 g/mol. The minimum Gasteiger partial charge on any atom is -0.382 e. The largest absolute Gasteiger partial charge is 0.382 e. The van der Waals surface area contributed by atoms with E-state index in [2.05, 4.69) is 265 Å². The SMILES string of the molecule is COCCOCCC1(CCOCCOC)c2cc(C)ccc2-c2ccc(N(c3ccc(-c4ccc5c(c4)c4ccccc4n5-c4ccc(N(c5ccccc5)c5ccc6ccccc6c5)cc4)cc3)c3ccc4c(c3)C(CCOCCOC)(CCOCCOC)c3cc(C)ccc3-4)cc21. The highest BCUT2D eigenvalue weighted by atomic mass is 16.5. The molecule has 0 N–H and O–H groups in total.